The largest absolute Gasteiger partial charge is 0.396 e. The molecule has 94 valence electrons. The molecule has 1 rings (SSSR count). The first-order chi connectivity index (χ1) is 7.63. The number of nitrogens with one attached hydrogen (secondary N) is 1. The fourth-order valence-corrected chi connectivity index (χ4v) is 2.26. The minimum Gasteiger partial charge on any atom is -0.396 e. The van der Waals surface area contributed by atoms with E-state index in [1.165, 1.54) is 12.8 Å². The van der Waals surface area contributed by atoms with E-state index in [0.29, 0.717) is 6.54 Å². The lowest BCUT2D eigenvalue weighted by Crippen LogP contribution is -2.41. The summed E-state index contributed by atoms with van der Waals surface area (Å²) in [5, 5.41) is 12.6. The Labute approximate surface area is 98.0 Å². The summed E-state index contributed by atoms with van der Waals surface area (Å²) in [7, 11) is 1.81. The number of likely N-dealkylation sites (N-methyl/N-ethyl adjacent to an activating group) is 1. The first-order valence-electron chi connectivity index (χ1n) is 6.19. The van der Waals surface area contributed by atoms with Crippen LogP contribution in [0.2, 0.25) is 0 Å². The molecule has 0 bridgehead atoms. The fraction of sp³-hybridized carbons (Fsp3) is 0.917. The molecule has 4 heteroatoms. The zero-order chi connectivity index (χ0) is 12.0. The Morgan fingerprint density at radius 1 is 1.44 bits per heavy atom. The molecule has 0 saturated heterocycles. The van der Waals surface area contributed by atoms with Crippen molar-refractivity contribution in [3.05, 3.63) is 0 Å². The second-order valence-electron chi connectivity index (χ2n) is 4.88. The third kappa shape index (κ3) is 3.46. The van der Waals surface area contributed by atoms with Crippen molar-refractivity contribution >= 4 is 5.91 Å². The molecule has 1 amide bonds. The monoisotopic (exact) mass is 228 g/mol. The van der Waals surface area contributed by atoms with E-state index in [1.54, 1.807) is 11.9 Å². The van der Waals surface area contributed by atoms with Crippen molar-refractivity contribution in [1.82, 2.24) is 10.2 Å². The number of hydrogen-bond donors (Lipinski definition) is 2. The summed E-state index contributed by atoms with van der Waals surface area (Å²) in [4.78, 5) is 13.2. The van der Waals surface area contributed by atoms with E-state index < -0.39 is 0 Å². The Morgan fingerprint density at radius 3 is 2.56 bits per heavy atom. The number of aliphatic hydroxyl groups is 1. The van der Waals surface area contributed by atoms with Crippen LogP contribution in [-0.2, 0) is 4.79 Å². The Morgan fingerprint density at radius 2 is 2.06 bits per heavy atom. The third-order valence-electron chi connectivity index (χ3n) is 3.68. The number of rotatable bonds is 6. The Kier molecular flexibility index (Phi) is 5.22. The molecule has 0 spiro atoms. The second kappa shape index (κ2) is 6.21. The molecule has 0 unspecified atom stereocenters. The minimum atomic E-state index is 0.0328. The van der Waals surface area contributed by atoms with Gasteiger partial charge in [0.05, 0.1) is 6.54 Å². The van der Waals surface area contributed by atoms with Crippen LogP contribution in [0.3, 0.4) is 0 Å². The molecule has 0 radical (unpaired) electrons. The standard InChI is InChI=1S/C12H24N2O2/c1-3-14(2)11(16)8-13-9-12(10-15)6-4-5-7-12/h13,15H,3-10H2,1-2H3. The van der Waals surface area contributed by atoms with Crippen molar-refractivity contribution in [3.63, 3.8) is 0 Å². The number of carbonyl (C=O) groups excluding carboxylic acids is 1. The van der Waals surface area contributed by atoms with Gasteiger partial charge < -0.3 is 15.3 Å². The zero-order valence-corrected chi connectivity index (χ0v) is 10.5. The molecule has 1 aliphatic rings. The Bertz CT molecular complexity index is 225. The highest BCUT2D eigenvalue weighted by Crippen LogP contribution is 2.36. The third-order valence-corrected chi connectivity index (χ3v) is 3.68. The SMILES string of the molecule is CCN(C)C(=O)CNCC1(CO)CCCC1. The summed E-state index contributed by atoms with van der Waals surface area (Å²) in [6.07, 6.45) is 4.55. The second-order valence-corrected chi connectivity index (χ2v) is 4.88. The highest BCUT2D eigenvalue weighted by Gasteiger charge is 2.32. The van der Waals surface area contributed by atoms with Crippen LogP contribution in [0, 0.1) is 5.41 Å². The fourth-order valence-electron chi connectivity index (χ4n) is 2.26. The van der Waals surface area contributed by atoms with Gasteiger partial charge >= 0.3 is 0 Å². The molecule has 2 N–H and O–H groups in total. The molecule has 4 nitrogen and oxygen atoms in total. The summed E-state index contributed by atoms with van der Waals surface area (Å²) in [6, 6.07) is 0. The van der Waals surface area contributed by atoms with Gasteiger partial charge in [0.15, 0.2) is 0 Å². The smallest absolute Gasteiger partial charge is 0.236 e. The Hall–Kier alpha value is -0.610. The maximum atomic E-state index is 11.5. The number of hydrogen-bond acceptors (Lipinski definition) is 3. The highest BCUT2D eigenvalue weighted by molar-refractivity contribution is 5.77. The van der Waals surface area contributed by atoms with Crippen LogP contribution in [0.5, 0.6) is 0 Å². The van der Waals surface area contributed by atoms with Crippen LogP contribution in [0.25, 0.3) is 0 Å². The average molecular weight is 228 g/mol. The molecule has 0 aromatic rings. The first kappa shape index (κ1) is 13.5. The molecule has 0 aliphatic heterocycles. The van der Waals surface area contributed by atoms with Crippen molar-refractivity contribution in [2.45, 2.75) is 32.6 Å². The number of carbonyl (C=O) groups is 1. The lowest BCUT2D eigenvalue weighted by Gasteiger charge is -2.27. The molecular formula is C12H24N2O2. The van der Waals surface area contributed by atoms with Crippen LogP contribution in [-0.4, -0.2) is 49.2 Å². The van der Waals surface area contributed by atoms with Crippen molar-refractivity contribution in [2.75, 3.05) is 33.3 Å². The maximum Gasteiger partial charge on any atom is 0.236 e. The summed E-state index contributed by atoms with van der Waals surface area (Å²) < 4.78 is 0. The van der Waals surface area contributed by atoms with Gasteiger partial charge in [-0.15, -0.1) is 0 Å². The quantitative estimate of drug-likeness (QED) is 0.700. The lowest BCUT2D eigenvalue weighted by molar-refractivity contribution is -0.128. The van der Waals surface area contributed by atoms with Gasteiger partial charge in [0.1, 0.15) is 0 Å². The first-order valence-corrected chi connectivity index (χ1v) is 6.19. The predicted molar refractivity (Wildman–Crippen MR) is 64.2 cm³/mol. The Balaban J connectivity index is 2.26. The summed E-state index contributed by atoms with van der Waals surface area (Å²) >= 11 is 0. The zero-order valence-electron chi connectivity index (χ0n) is 10.5. The lowest BCUT2D eigenvalue weighted by atomic mass is 9.87. The van der Waals surface area contributed by atoms with Crippen molar-refractivity contribution in [1.29, 1.82) is 0 Å². The van der Waals surface area contributed by atoms with Gasteiger partial charge in [0, 0.05) is 32.2 Å². The van der Waals surface area contributed by atoms with Gasteiger partial charge in [0.2, 0.25) is 5.91 Å². The molecule has 0 aromatic heterocycles. The van der Waals surface area contributed by atoms with E-state index in [-0.39, 0.29) is 17.9 Å². The van der Waals surface area contributed by atoms with Crippen LogP contribution in [0.1, 0.15) is 32.6 Å². The van der Waals surface area contributed by atoms with E-state index >= 15 is 0 Å². The van der Waals surface area contributed by atoms with Gasteiger partial charge in [-0.3, -0.25) is 4.79 Å². The molecule has 1 aliphatic carbocycles. The molecular weight excluding hydrogens is 204 g/mol. The highest BCUT2D eigenvalue weighted by atomic mass is 16.3. The van der Waals surface area contributed by atoms with E-state index in [2.05, 4.69) is 5.32 Å². The van der Waals surface area contributed by atoms with Crippen LogP contribution >= 0.6 is 0 Å². The van der Waals surface area contributed by atoms with Gasteiger partial charge in [-0.05, 0) is 19.8 Å². The van der Waals surface area contributed by atoms with Crippen LogP contribution in [0.4, 0.5) is 0 Å². The van der Waals surface area contributed by atoms with E-state index in [0.717, 1.165) is 25.9 Å². The normalized spacial score (nSPS) is 18.7. The van der Waals surface area contributed by atoms with Gasteiger partial charge in [-0.25, -0.2) is 0 Å². The van der Waals surface area contributed by atoms with Gasteiger partial charge in [-0.1, -0.05) is 12.8 Å². The minimum absolute atomic E-state index is 0.0328. The van der Waals surface area contributed by atoms with E-state index in [1.807, 2.05) is 6.92 Å². The molecule has 0 heterocycles. The summed E-state index contributed by atoms with van der Waals surface area (Å²) in [6.45, 7) is 4.08. The molecule has 1 fully saturated rings. The predicted octanol–water partition coefficient (Wildman–Crippen LogP) is 0.607. The molecule has 0 aromatic carbocycles. The molecule has 1 saturated carbocycles. The van der Waals surface area contributed by atoms with Gasteiger partial charge in [0.25, 0.3) is 0 Å². The van der Waals surface area contributed by atoms with E-state index in [4.69, 9.17) is 0 Å². The van der Waals surface area contributed by atoms with Crippen LogP contribution < -0.4 is 5.32 Å². The summed E-state index contributed by atoms with van der Waals surface area (Å²) in [5.41, 5.74) is 0.0328. The number of nitrogens with zero attached hydrogens (tertiary/aromatic N) is 1. The van der Waals surface area contributed by atoms with Gasteiger partial charge in [-0.2, -0.15) is 0 Å². The van der Waals surface area contributed by atoms with E-state index in [9.17, 15) is 9.90 Å². The van der Waals surface area contributed by atoms with Crippen LogP contribution in [0.15, 0.2) is 0 Å². The molecule has 0 atom stereocenters. The maximum absolute atomic E-state index is 11.5. The van der Waals surface area contributed by atoms with Crippen molar-refractivity contribution < 1.29 is 9.90 Å². The summed E-state index contributed by atoms with van der Waals surface area (Å²) in [5.74, 6) is 0.119. The average Bonchev–Trinajstić information content (AvgIpc) is 2.77. The van der Waals surface area contributed by atoms with Crippen molar-refractivity contribution in [3.8, 4) is 0 Å². The molecule has 16 heavy (non-hydrogen) atoms. The van der Waals surface area contributed by atoms with Crippen molar-refractivity contribution in [2.24, 2.45) is 5.41 Å². The number of aliphatic hydroxyl groups excluding tert-OH is 1. The number of amides is 1. The topological polar surface area (TPSA) is 52.6 Å².